The summed E-state index contributed by atoms with van der Waals surface area (Å²) in [6.07, 6.45) is 4.97. The highest BCUT2D eigenvalue weighted by atomic mass is 35.5. The number of benzene rings is 1. The van der Waals surface area contributed by atoms with Crippen LogP contribution in [-0.2, 0) is 0 Å². The molecule has 0 bridgehead atoms. The molecule has 0 aromatic heterocycles. The van der Waals surface area contributed by atoms with Crippen LogP contribution in [0.5, 0.6) is 0 Å². The summed E-state index contributed by atoms with van der Waals surface area (Å²) in [7, 11) is 0. The van der Waals surface area contributed by atoms with Crippen LogP contribution in [-0.4, -0.2) is 17.8 Å². The average Bonchev–Trinajstić information content (AvgIpc) is 2.42. The molecule has 0 heterocycles. The van der Waals surface area contributed by atoms with Gasteiger partial charge >= 0.3 is 0 Å². The Kier molecular flexibility index (Phi) is 5.05. The first-order valence-corrected chi connectivity index (χ1v) is 7.69. The number of hydrogen-bond acceptors (Lipinski definition) is 2. The van der Waals surface area contributed by atoms with Crippen molar-refractivity contribution in [1.29, 1.82) is 0 Å². The molecule has 1 aliphatic rings. The minimum absolute atomic E-state index is 0.125. The van der Waals surface area contributed by atoms with Gasteiger partial charge in [-0.2, -0.15) is 0 Å². The third-order valence-corrected chi connectivity index (χ3v) is 5.03. The number of hydrogen-bond donors (Lipinski definition) is 2. The maximum absolute atomic E-state index is 13.2. The molecule has 1 aromatic rings. The van der Waals surface area contributed by atoms with E-state index >= 15 is 0 Å². The lowest BCUT2D eigenvalue weighted by molar-refractivity contribution is -0.00748. The number of rotatable bonds is 4. The first-order chi connectivity index (χ1) is 9.48. The molecule has 1 saturated carbocycles. The molecule has 0 amide bonds. The highest BCUT2D eigenvalue weighted by Crippen LogP contribution is 2.44. The van der Waals surface area contributed by atoms with Crippen molar-refractivity contribution in [2.24, 2.45) is 11.1 Å². The Bertz CT molecular complexity index is 460. The molecule has 112 valence electrons. The maximum Gasteiger partial charge on any atom is 0.124 e. The van der Waals surface area contributed by atoms with Crippen LogP contribution in [0.2, 0.25) is 5.02 Å². The summed E-state index contributed by atoms with van der Waals surface area (Å²) in [5, 5.41) is 11.2. The Hall–Kier alpha value is -0.640. The molecule has 0 aliphatic heterocycles. The predicted octanol–water partition coefficient (Wildman–Crippen LogP) is 3.85. The summed E-state index contributed by atoms with van der Waals surface area (Å²) in [5.74, 6) is -0.612. The fourth-order valence-corrected chi connectivity index (χ4v) is 3.68. The zero-order valence-electron chi connectivity index (χ0n) is 11.9. The van der Waals surface area contributed by atoms with Crippen LogP contribution in [0.3, 0.4) is 0 Å². The smallest absolute Gasteiger partial charge is 0.124 e. The summed E-state index contributed by atoms with van der Waals surface area (Å²) in [6.45, 7) is 2.43. The highest BCUT2D eigenvalue weighted by Gasteiger charge is 2.39. The first kappa shape index (κ1) is 15.7. The highest BCUT2D eigenvalue weighted by molar-refractivity contribution is 6.31. The molecule has 2 nitrogen and oxygen atoms in total. The van der Waals surface area contributed by atoms with Crippen molar-refractivity contribution in [3.8, 4) is 0 Å². The van der Waals surface area contributed by atoms with Gasteiger partial charge < -0.3 is 10.8 Å². The summed E-state index contributed by atoms with van der Waals surface area (Å²) in [4.78, 5) is 0. The van der Waals surface area contributed by atoms with Gasteiger partial charge in [0.05, 0.1) is 6.10 Å². The zero-order valence-corrected chi connectivity index (χ0v) is 12.7. The van der Waals surface area contributed by atoms with Crippen LogP contribution >= 0.6 is 11.6 Å². The van der Waals surface area contributed by atoms with E-state index in [-0.39, 0.29) is 17.2 Å². The SMILES string of the molecule is CC1(C(O)C(CN)c2ccc(F)cc2Cl)CCCCC1. The van der Waals surface area contributed by atoms with Crippen molar-refractivity contribution in [2.45, 2.75) is 51.0 Å². The van der Waals surface area contributed by atoms with Gasteiger partial charge in [0.25, 0.3) is 0 Å². The van der Waals surface area contributed by atoms with Crippen molar-refractivity contribution in [1.82, 2.24) is 0 Å². The topological polar surface area (TPSA) is 46.2 Å². The fraction of sp³-hybridized carbons (Fsp3) is 0.625. The Morgan fingerprint density at radius 3 is 2.55 bits per heavy atom. The van der Waals surface area contributed by atoms with Gasteiger partial charge in [-0.3, -0.25) is 0 Å². The molecule has 20 heavy (non-hydrogen) atoms. The molecular weight excluding hydrogens is 277 g/mol. The first-order valence-electron chi connectivity index (χ1n) is 7.31. The summed E-state index contributed by atoms with van der Waals surface area (Å²) >= 11 is 6.12. The van der Waals surface area contributed by atoms with Crippen molar-refractivity contribution in [3.63, 3.8) is 0 Å². The van der Waals surface area contributed by atoms with Crippen LogP contribution in [0.4, 0.5) is 4.39 Å². The lowest BCUT2D eigenvalue weighted by Crippen LogP contribution is -2.41. The van der Waals surface area contributed by atoms with E-state index in [0.29, 0.717) is 11.6 Å². The van der Waals surface area contributed by atoms with Crippen LogP contribution in [0, 0.1) is 11.2 Å². The predicted molar refractivity (Wildman–Crippen MR) is 80.4 cm³/mol. The third kappa shape index (κ3) is 3.16. The van der Waals surface area contributed by atoms with Crippen LogP contribution in [0.15, 0.2) is 18.2 Å². The molecule has 1 fully saturated rings. The Balaban J connectivity index is 2.26. The van der Waals surface area contributed by atoms with E-state index in [1.165, 1.54) is 18.6 Å². The number of nitrogens with two attached hydrogens (primary N) is 1. The Morgan fingerprint density at radius 2 is 2.00 bits per heavy atom. The minimum Gasteiger partial charge on any atom is -0.392 e. The zero-order chi connectivity index (χ0) is 14.8. The van der Waals surface area contributed by atoms with E-state index in [2.05, 4.69) is 6.92 Å². The van der Waals surface area contributed by atoms with Crippen molar-refractivity contribution in [2.75, 3.05) is 6.54 Å². The summed E-state index contributed by atoms with van der Waals surface area (Å²) in [6, 6.07) is 4.31. The third-order valence-electron chi connectivity index (χ3n) is 4.71. The second kappa shape index (κ2) is 6.42. The number of aliphatic hydroxyl groups is 1. The van der Waals surface area contributed by atoms with Gasteiger partial charge in [-0.15, -0.1) is 0 Å². The Labute approximate surface area is 125 Å². The number of halogens is 2. The molecule has 4 heteroatoms. The van der Waals surface area contributed by atoms with E-state index in [9.17, 15) is 9.50 Å². The molecule has 0 spiro atoms. The lowest BCUT2D eigenvalue weighted by Gasteiger charge is -2.41. The molecule has 1 aromatic carbocycles. The van der Waals surface area contributed by atoms with Gasteiger partial charge in [-0.1, -0.05) is 43.9 Å². The summed E-state index contributed by atoms with van der Waals surface area (Å²) < 4.78 is 13.2. The Morgan fingerprint density at radius 1 is 1.35 bits per heavy atom. The normalized spacial score (nSPS) is 21.4. The second-order valence-electron chi connectivity index (χ2n) is 6.17. The molecule has 0 saturated heterocycles. The molecule has 2 unspecified atom stereocenters. The van der Waals surface area contributed by atoms with E-state index < -0.39 is 6.10 Å². The van der Waals surface area contributed by atoms with Gasteiger partial charge in [-0.25, -0.2) is 4.39 Å². The molecule has 2 atom stereocenters. The minimum atomic E-state index is -0.546. The molecular formula is C16H23ClFNO. The molecule has 2 rings (SSSR count). The fourth-order valence-electron chi connectivity index (χ4n) is 3.37. The van der Waals surface area contributed by atoms with Gasteiger partial charge in [0.15, 0.2) is 0 Å². The van der Waals surface area contributed by atoms with E-state index in [0.717, 1.165) is 31.2 Å². The number of aliphatic hydroxyl groups excluding tert-OH is 1. The summed E-state index contributed by atoms with van der Waals surface area (Å²) in [5.41, 5.74) is 6.49. The molecule has 1 aliphatic carbocycles. The lowest BCUT2D eigenvalue weighted by atomic mass is 9.67. The quantitative estimate of drug-likeness (QED) is 0.887. The van der Waals surface area contributed by atoms with E-state index in [4.69, 9.17) is 17.3 Å². The monoisotopic (exact) mass is 299 g/mol. The van der Waals surface area contributed by atoms with Gasteiger partial charge in [0, 0.05) is 17.5 Å². The second-order valence-corrected chi connectivity index (χ2v) is 6.57. The van der Waals surface area contributed by atoms with Crippen molar-refractivity contribution < 1.29 is 9.50 Å². The van der Waals surface area contributed by atoms with Gasteiger partial charge in [-0.05, 0) is 36.0 Å². The standard InChI is InChI=1S/C16H23ClFNO/c1-16(7-3-2-4-8-16)15(20)13(10-19)12-6-5-11(18)9-14(12)17/h5-6,9,13,15,20H,2-4,7-8,10,19H2,1H3. The van der Waals surface area contributed by atoms with E-state index in [1.54, 1.807) is 6.07 Å². The maximum atomic E-state index is 13.2. The molecule has 0 radical (unpaired) electrons. The van der Waals surface area contributed by atoms with Crippen molar-refractivity contribution in [3.05, 3.63) is 34.6 Å². The van der Waals surface area contributed by atoms with Gasteiger partial charge in [0.1, 0.15) is 5.82 Å². The molecule has 3 N–H and O–H groups in total. The van der Waals surface area contributed by atoms with Crippen LogP contribution in [0.1, 0.15) is 50.5 Å². The van der Waals surface area contributed by atoms with E-state index in [1.807, 2.05) is 0 Å². The van der Waals surface area contributed by atoms with Crippen molar-refractivity contribution >= 4 is 11.6 Å². The van der Waals surface area contributed by atoms with Crippen LogP contribution in [0.25, 0.3) is 0 Å². The van der Waals surface area contributed by atoms with Gasteiger partial charge in [0.2, 0.25) is 0 Å². The largest absolute Gasteiger partial charge is 0.392 e. The van der Waals surface area contributed by atoms with Crippen LogP contribution < -0.4 is 5.73 Å². The average molecular weight is 300 g/mol.